The molecule has 9 heteroatoms. The Morgan fingerprint density at radius 1 is 0.900 bits per heavy atom. The largest absolute Gasteiger partial charge is 0.481 e. The van der Waals surface area contributed by atoms with Crippen molar-refractivity contribution in [3.05, 3.63) is 0 Å². The van der Waals surface area contributed by atoms with Crippen molar-refractivity contribution in [3.8, 4) is 0 Å². The first-order chi connectivity index (χ1) is 9.23. The smallest absolute Gasteiger partial charge is 0.471 e. The van der Waals surface area contributed by atoms with Crippen LogP contribution in [0.5, 0.6) is 0 Å². The van der Waals surface area contributed by atoms with Crippen molar-refractivity contribution < 1.29 is 32.7 Å². The Balaban J connectivity index is 3.51. The van der Waals surface area contributed by atoms with Gasteiger partial charge in [0.05, 0.1) is 0 Å². The van der Waals surface area contributed by atoms with E-state index in [1.165, 1.54) is 0 Å². The van der Waals surface area contributed by atoms with E-state index in [0.717, 1.165) is 0 Å². The van der Waals surface area contributed by atoms with Gasteiger partial charge in [0, 0.05) is 25.9 Å². The maximum atomic E-state index is 11.8. The molecule has 0 aliphatic rings. The summed E-state index contributed by atoms with van der Waals surface area (Å²) >= 11 is 0. The van der Waals surface area contributed by atoms with Crippen LogP contribution >= 0.6 is 0 Å². The second-order valence-electron chi connectivity index (χ2n) is 4.06. The number of carboxylic acid groups (broad SMARTS) is 1. The SMILES string of the molecule is O=C(O)CCCCCNC(=O)CCNC(=O)C(F)(F)F. The summed E-state index contributed by atoms with van der Waals surface area (Å²) in [4.78, 5) is 31.8. The minimum atomic E-state index is -4.94. The second-order valence-corrected chi connectivity index (χ2v) is 4.06. The molecule has 0 spiro atoms. The van der Waals surface area contributed by atoms with Gasteiger partial charge in [-0.15, -0.1) is 0 Å². The molecular weight excluding hydrogens is 281 g/mol. The molecule has 0 fully saturated rings. The van der Waals surface area contributed by atoms with Crippen LogP contribution in [-0.4, -0.2) is 42.2 Å². The molecule has 0 aromatic heterocycles. The highest BCUT2D eigenvalue weighted by Gasteiger charge is 2.38. The molecule has 0 radical (unpaired) electrons. The number of halogens is 3. The first-order valence-electron chi connectivity index (χ1n) is 6.07. The number of rotatable bonds is 9. The van der Waals surface area contributed by atoms with Gasteiger partial charge in [-0.3, -0.25) is 14.4 Å². The molecule has 0 atom stereocenters. The lowest BCUT2D eigenvalue weighted by molar-refractivity contribution is -0.173. The van der Waals surface area contributed by atoms with Crippen molar-refractivity contribution in [1.29, 1.82) is 0 Å². The molecule has 0 aliphatic carbocycles. The molecular formula is C11H17F3N2O4. The van der Waals surface area contributed by atoms with Crippen molar-refractivity contribution in [2.75, 3.05) is 13.1 Å². The fourth-order valence-corrected chi connectivity index (χ4v) is 1.28. The Morgan fingerprint density at radius 2 is 1.55 bits per heavy atom. The molecule has 0 aromatic carbocycles. The summed E-state index contributed by atoms with van der Waals surface area (Å²) in [6.45, 7) is -0.0607. The Kier molecular flexibility index (Phi) is 8.33. The van der Waals surface area contributed by atoms with E-state index in [0.29, 0.717) is 25.8 Å². The molecule has 20 heavy (non-hydrogen) atoms. The van der Waals surface area contributed by atoms with Crippen molar-refractivity contribution in [1.82, 2.24) is 10.6 Å². The van der Waals surface area contributed by atoms with Crippen molar-refractivity contribution >= 4 is 17.8 Å². The highest BCUT2D eigenvalue weighted by molar-refractivity contribution is 5.82. The number of amides is 2. The molecule has 0 rings (SSSR count). The normalized spacial score (nSPS) is 10.9. The standard InChI is InChI=1S/C11H17F3N2O4/c12-11(13,14)10(20)16-7-5-8(17)15-6-3-1-2-4-9(18)19/h1-7H2,(H,15,17)(H,16,20)(H,18,19). The maximum absolute atomic E-state index is 11.8. The first-order valence-corrected chi connectivity index (χ1v) is 6.07. The summed E-state index contributed by atoms with van der Waals surface area (Å²) < 4.78 is 35.4. The van der Waals surface area contributed by atoms with Crippen LogP contribution < -0.4 is 10.6 Å². The lowest BCUT2D eigenvalue weighted by Crippen LogP contribution is -2.39. The van der Waals surface area contributed by atoms with E-state index < -0.39 is 24.0 Å². The van der Waals surface area contributed by atoms with Gasteiger partial charge in [-0.1, -0.05) is 6.42 Å². The van der Waals surface area contributed by atoms with Crippen LogP contribution in [0.25, 0.3) is 0 Å². The fourth-order valence-electron chi connectivity index (χ4n) is 1.28. The number of carbonyl (C=O) groups excluding carboxylic acids is 2. The predicted octanol–water partition coefficient (Wildman–Crippen LogP) is 0.816. The number of alkyl halides is 3. The van der Waals surface area contributed by atoms with E-state index in [1.54, 1.807) is 5.32 Å². The van der Waals surface area contributed by atoms with Gasteiger partial charge < -0.3 is 15.7 Å². The zero-order chi connectivity index (χ0) is 15.6. The molecule has 2 amide bonds. The first kappa shape index (κ1) is 18.2. The fraction of sp³-hybridized carbons (Fsp3) is 0.727. The van der Waals surface area contributed by atoms with Gasteiger partial charge in [0.1, 0.15) is 0 Å². The number of carboxylic acids is 1. The summed E-state index contributed by atoms with van der Waals surface area (Å²) in [7, 11) is 0. The Bertz CT molecular complexity index is 345. The molecule has 0 aromatic rings. The minimum Gasteiger partial charge on any atom is -0.481 e. The summed E-state index contributed by atoms with van der Waals surface area (Å²) in [6.07, 6.45) is -3.38. The molecule has 0 heterocycles. The van der Waals surface area contributed by atoms with Crippen LogP contribution in [0.2, 0.25) is 0 Å². The average molecular weight is 298 g/mol. The molecule has 0 saturated carbocycles. The Hall–Kier alpha value is -1.80. The van der Waals surface area contributed by atoms with Crippen molar-refractivity contribution in [2.45, 2.75) is 38.3 Å². The number of hydrogen-bond donors (Lipinski definition) is 3. The van der Waals surface area contributed by atoms with E-state index in [-0.39, 0.29) is 19.4 Å². The Labute approximate surface area is 113 Å². The number of nitrogens with one attached hydrogen (secondary N) is 2. The lowest BCUT2D eigenvalue weighted by atomic mass is 10.2. The lowest BCUT2D eigenvalue weighted by Gasteiger charge is -2.08. The third-order valence-corrected chi connectivity index (χ3v) is 2.28. The minimum absolute atomic E-state index is 0.0669. The third-order valence-electron chi connectivity index (χ3n) is 2.28. The molecule has 6 nitrogen and oxygen atoms in total. The van der Waals surface area contributed by atoms with Crippen LogP contribution in [-0.2, 0) is 14.4 Å². The highest BCUT2D eigenvalue weighted by Crippen LogP contribution is 2.13. The number of unbranched alkanes of at least 4 members (excludes halogenated alkanes) is 2. The quantitative estimate of drug-likeness (QED) is 0.549. The van der Waals surface area contributed by atoms with Gasteiger partial charge in [-0.2, -0.15) is 13.2 Å². The third kappa shape index (κ3) is 10.2. The zero-order valence-electron chi connectivity index (χ0n) is 10.8. The second kappa shape index (κ2) is 9.16. The topological polar surface area (TPSA) is 95.5 Å². The zero-order valence-corrected chi connectivity index (χ0v) is 10.8. The van der Waals surface area contributed by atoms with E-state index in [1.807, 2.05) is 0 Å². The molecule has 116 valence electrons. The van der Waals surface area contributed by atoms with Gasteiger partial charge in [0.2, 0.25) is 5.91 Å². The van der Waals surface area contributed by atoms with Crippen LogP contribution in [0.4, 0.5) is 13.2 Å². The van der Waals surface area contributed by atoms with Gasteiger partial charge >= 0.3 is 18.1 Å². The molecule has 0 aliphatic heterocycles. The number of carbonyl (C=O) groups is 3. The van der Waals surface area contributed by atoms with Crippen LogP contribution in [0.15, 0.2) is 0 Å². The van der Waals surface area contributed by atoms with Gasteiger partial charge in [0.25, 0.3) is 0 Å². The molecule has 0 unspecified atom stereocenters. The van der Waals surface area contributed by atoms with E-state index in [2.05, 4.69) is 5.32 Å². The molecule has 3 N–H and O–H groups in total. The monoisotopic (exact) mass is 298 g/mol. The molecule has 0 saturated heterocycles. The summed E-state index contributed by atoms with van der Waals surface area (Å²) in [5.74, 6) is -3.42. The number of hydrogen-bond acceptors (Lipinski definition) is 3. The van der Waals surface area contributed by atoms with Crippen LogP contribution in [0.3, 0.4) is 0 Å². The Morgan fingerprint density at radius 3 is 2.10 bits per heavy atom. The molecule has 0 bridgehead atoms. The van der Waals surface area contributed by atoms with Crippen molar-refractivity contribution in [3.63, 3.8) is 0 Å². The van der Waals surface area contributed by atoms with E-state index >= 15 is 0 Å². The van der Waals surface area contributed by atoms with Crippen LogP contribution in [0, 0.1) is 0 Å². The van der Waals surface area contributed by atoms with E-state index in [9.17, 15) is 27.6 Å². The summed E-state index contributed by atoms with van der Waals surface area (Å²) in [5, 5.41) is 12.4. The van der Waals surface area contributed by atoms with E-state index in [4.69, 9.17) is 5.11 Å². The van der Waals surface area contributed by atoms with Gasteiger partial charge in [0.15, 0.2) is 0 Å². The van der Waals surface area contributed by atoms with Gasteiger partial charge in [-0.25, -0.2) is 0 Å². The van der Waals surface area contributed by atoms with Crippen LogP contribution in [0.1, 0.15) is 32.1 Å². The predicted molar refractivity (Wildman–Crippen MR) is 62.8 cm³/mol. The maximum Gasteiger partial charge on any atom is 0.471 e. The van der Waals surface area contributed by atoms with Gasteiger partial charge in [-0.05, 0) is 12.8 Å². The summed E-state index contributed by atoms with van der Waals surface area (Å²) in [5.41, 5.74) is 0. The number of aliphatic carboxylic acids is 1. The highest BCUT2D eigenvalue weighted by atomic mass is 19.4. The van der Waals surface area contributed by atoms with Crippen molar-refractivity contribution in [2.24, 2.45) is 0 Å². The average Bonchev–Trinajstić information content (AvgIpc) is 2.31. The summed E-state index contributed by atoms with van der Waals surface area (Å²) in [6, 6.07) is 0.